The molecule has 1 heterocycles. The molecule has 2 rings (SSSR count). The molecule has 1 amide bonds. The number of carbonyl (C=O) groups excluding carboxylic acids is 1. The first kappa shape index (κ1) is 16.0. The second-order valence-electron chi connectivity index (χ2n) is 5.93. The van der Waals surface area contributed by atoms with E-state index in [4.69, 9.17) is 5.73 Å². The number of likely N-dealkylation sites (tertiary alicyclic amines) is 1. The maximum absolute atomic E-state index is 12.1. The van der Waals surface area contributed by atoms with Crippen molar-refractivity contribution >= 4 is 11.6 Å². The summed E-state index contributed by atoms with van der Waals surface area (Å²) in [7, 11) is 0. The van der Waals surface area contributed by atoms with Crippen LogP contribution in [0, 0.1) is 0 Å². The standard InChI is InChI=1S/C17H27N3O/c1-3-16-8-7-13(2)20(16)10-9-17(21)19-15-6-4-5-14(11-15)12-18/h4-6,11,13,16H,3,7-10,12,18H2,1-2H3,(H,19,21). The van der Waals surface area contributed by atoms with Gasteiger partial charge in [-0.25, -0.2) is 0 Å². The molecule has 3 N–H and O–H groups in total. The van der Waals surface area contributed by atoms with E-state index in [1.165, 1.54) is 19.3 Å². The van der Waals surface area contributed by atoms with Gasteiger partial charge in [-0.15, -0.1) is 0 Å². The quantitative estimate of drug-likeness (QED) is 0.846. The van der Waals surface area contributed by atoms with Crippen molar-refractivity contribution in [3.63, 3.8) is 0 Å². The van der Waals surface area contributed by atoms with Crippen LogP contribution in [-0.2, 0) is 11.3 Å². The highest BCUT2D eigenvalue weighted by Gasteiger charge is 2.28. The number of hydrogen-bond acceptors (Lipinski definition) is 3. The summed E-state index contributed by atoms with van der Waals surface area (Å²) in [5, 5.41) is 2.97. The maximum Gasteiger partial charge on any atom is 0.225 e. The Labute approximate surface area is 127 Å². The SMILES string of the molecule is CCC1CCC(C)N1CCC(=O)Nc1cccc(CN)c1. The number of nitrogens with one attached hydrogen (secondary N) is 1. The van der Waals surface area contributed by atoms with Gasteiger partial charge in [0, 0.05) is 37.3 Å². The lowest BCUT2D eigenvalue weighted by Crippen LogP contribution is -2.36. The van der Waals surface area contributed by atoms with E-state index in [1.807, 2.05) is 24.3 Å². The molecule has 1 aromatic rings. The third kappa shape index (κ3) is 4.29. The average Bonchev–Trinajstić information content (AvgIpc) is 2.85. The Balaban J connectivity index is 1.84. The molecule has 1 fully saturated rings. The zero-order valence-electron chi connectivity index (χ0n) is 13.1. The predicted molar refractivity (Wildman–Crippen MR) is 87.1 cm³/mol. The highest BCUT2D eigenvalue weighted by molar-refractivity contribution is 5.90. The molecule has 4 nitrogen and oxygen atoms in total. The van der Waals surface area contributed by atoms with Crippen molar-refractivity contribution in [1.29, 1.82) is 0 Å². The number of amides is 1. The molecular formula is C17H27N3O. The van der Waals surface area contributed by atoms with Crippen LogP contribution in [0.25, 0.3) is 0 Å². The Hall–Kier alpha value is -1.39. The van der Waals surface area contributed by atoms with Crippen molar-refractivity contribution in [2.45, 2.75) is 58.2 Å². The molecule has 0 radical (unpaired) electrons. The van der Waals surface area contributed by atoms with Crippen molar-refractivity contribution < 1.29 is 4.79 Å². The second kappa shape index (κ2) is 7.57. The zero-order valence-corrected chi connectivity index (χ0v) is 13.1. The molecule has 2 unspecified atom stereocenters. The number of nitrogens with two attached hydrogens (primary N) is 1. The van der Waals surface area contributed by atoms with Crippen LogP contribution in [-0.4, -0.2) is 29.4 Å². The summed E-state index contributed by atoms with van der Waals surface area (Å²) in [6.07, 6.45) is 4.23. The van der Waals surface area contributed by atoms with Crippen LogP contribution in [0.5, 0.6) is 0 Å². The summed E-state index contributed by atoms with van der Waals surface area (Å²) >= 11 is 0. The minimum Gasteiger partial charge on any atom is -0.326 e. The number of benzene rings is 1. The lowest BCUT2D eigenvalue weighted by molar-refractivity contribution is -0.116. The molecule has 2 atom stereocenters. The van der Waals surface area contributed by atoms with Gasteiger partial charge in [-0.05, 0) is 43.9 Å². The van der Waals surface area contributed by atoms with Gasteiger partial charge in [-0.1, -0.05) is 19.1 Å². The number of nitrogens with zero attached hydrogens (tertiary/aromatic N) is 1. The van der Waals surface area contributed by atoms with Crippen LogP contribution in [0.15, 0.2) is 24.3 Å². The Morgan fingerprint density at radius 1 is 1.43 bits per heavy atom. The van der Waals surface area contributed by atoms with Gasteiger partial charge in [0.15, 0.2) is 0 Å². The number of anilines is 1. The van der Waals surface area contributed by atoms with Gasteiger partial charge in [0.1, 0.15) is 0 Å². The summed E-state index contributed by atoms with van der Waals surface area (Å²) < 4.78 is 0. The highest BCUT2D eigenvalue weighted by atomic mass is 16.1. The fraction of sp³-hybridized carbons (Fsp3) is 0.588. The molecule has 0 aliphatic carbocycles. The molecule has 0 spiro atoms. The van der Waals surface area contributed by atoms with Crippen molar-refractivity contribution in [3.05, 3.63) is 29.8 Å². The Kier molecular flexibility index (Phi) is 5.76. The number of hydrogen-bond donors (Lipinski definition) is 2. The van der Waals surface area contributed by atoms with E-state index in [-0.39, 0.29) is 5.91 Å². The molecule has 21 heavy (non-hydrogen) atoms. The van der Waals surface area contributed by atoms with E-state index in [0.717, 1.165) is 17.8 Å². The molecule has 0 bridgehead atoms. The normalized spacial score (nSPS) is 22.4. The number of carbonyl (C=O) groups is 1. The minimum absolute atomic E-state index is 0.0816. The van der Waals surface area contributed by atoms with Gasteiger partial charge >= 0.3 is 0 Å². The minimum atomic E-state index is 0.0816. The molecule has 1 aliphatic rings. The summed E-state index contributed by atoms with van der Waals surface area (Å²) in [6.45, 7) is 5.83. The first-order chi connectivity index (χ1) is 10.1. The van der Waals surface area contributed by atoms with Gasteiger partial charge in [0.05, 0.1) is 0 Å². The maximum atomic E-state index is 12.1. The summed E-state index contributed by atoms with van der Waals surface area (Å²) in [4.78, 5) is 14.6. The topological polar surface area (TPSA) is 58.4 Å². The van der Waals surface area contributed by atoms with Gasteiger partial charge in [-0.2, -0.15) is 0 Å². The van der Waals surface area contributed by atoms with Gasteiger partial charge in [0.25, 0.3) is 0 Å². The lowest BCUT2D eigenvalue weighted by Gasteiger charge is -2.27. The molecule has 4 heteroatoms. The van der Waals surface area contributed by atoms with Crippen LogP contribution in [0.2, 0.25) is 0 Å². The van der Waals surface area contributed by atoms with E-state index < -0.39 is 0 Å². The van der Waals surface area contributed by atoms with Gasteiger partial charge in [-0.3, -0.25) is 9.69 Å². The largest absolute Gasteiger partial charge is 0.326 e. The fourth-order valence-electron chi connectivity index (χ4n) is 3.20. The first-order valence-corrected chi connectivity index (χ1v) is 7.98. The lowest BCUT2D eigenvalue weighted by atomic mass is 10.1. The molecule has 1 saturated heterocycles. The Morgan fingerprint density at radius 3 is 2.95 bits per heavy atom. The third-order valence-electron chi connectivity index (χ3n) is 4.47. The number of rotatable bonds is 6. The molecular weight excluding hydrogens is 262 g/mol. The zero-order chi connectivity index (χ0) is 15.2. The van der Waals surface area contributed by atoms with Gasteiger partial charge in [0.2, 0.25) is 5.91 Å². The summed E-state index contributed by atoms with van der Waals surface area (Å²) in [5.74, 6) is 0.0816. The third-order valence-corrected chi connectivity index (χ3v) is 4.47. The van der Waals surface area contributed by atoms with E-state index in [9.17, 15) is 4.79 Å². The highest BCUT2D eigenvalue weighted by Crippen LogP contribution is 2.25. The van der Waals surface area contributed by atoms with Gasteiger partial charge < -0.3 is 11.1 Å². The van der Waals surface area contributed by atoms with Crippen LogP contribution in [0.4, 0.5) is 5.69 Å². The molecule has 116 valence electrons. The Morgan fingerprint density at radius 2 is 2.24 bits per heavy atom. The molecule has 0 saturated carbocycles. The monoisotopic (exact) mass is 289 g/mol. The van der Waals surface area contributed by atoms with Crippen molar-refractivity contribution in [3.8, 4) is 0 Å². The van der Waals surface area contributed by atoms with E-state index >= 15 is 0 Å². The van der Waals surface area contributed by atoms with Crippen LogP contribution in [0.3, 0.4) is 0 Å². The second-order valence-corrected chi connectivity index (χ2v) is 5.93. The smallest absolute Gasteiger partial charge is 0.225 e. The van der Waals surface area contributed by atoms with Crippen LogP contribution in [0.1, 0.15) is 45.1 Å². The summed E-state index contributed by atoms with van der Waals surface area (Å²) in [6, 6.07) is 8.98. The Bertz CT molecular complexity index is 475. The average molecular weight is 289 g/mol. The predicted octanol–water partition coefficient (Wildman–Crippen LogP) is 2.74. The van der Waals surface area contributed by atoms with Crippen LogP contribution >= 0.6 is 0 Å². The summed E-state index contributed by atoms with van der Waals surface area (Å²) in [5.41, 5.74) is 7.49. The molecule has 1 aromatic carbocycles. The van der Waals surface area contributed by atoms with Crippen molar-refractivity contribution in [1.82, 2.24) is 4.90 Å². The fourth-order valence-corrected chi connectivity index (χ4v) is 3.20. The van der Waals surface area contributed by atoms with Crippen molar-refractivity contribution in [2.75, 3.05) is 11.9 Å². The van der Waals surface area contributed by atoms with E-state index in [2.05, 4.69) is 24.1 Å². The molecule has 1 aliphatic heterocycles. The molecule has 0 aromatic heterocycles. The van der Waals surface area contributed by atoms with E-state index in [0.29, 0.717) is 25.0 Å². The van der Waals surface area contributed by atoms with E-state index in [1.54, 1.807) is 0 Å². The van der Waals surface area contributed by atoms with Crippen LogP contribution < -0.4 is 11.1 Å². The van der Waals surface area contributed by atoms with Crippen molar-refractivity contribution in [2.24, 2.45) is 5.73 Å². The first-order valence-electron chi connectivity index (χ1n) is 7.98.